The molecule has 1 amide bonds. The second-order valence-corrected chi connectivity index (χ2v) is 16.6. The Morgan fingerprint density at radius 2 is 1.55 bits per heavy atom. The zero-order valence-corrected chi connectivity index (χ0v) is 25.7. The molecule has 0 fully saturated rings. The molecule has 0 bridgehead atoms. The number of aryl methyl sites for hydroxylation is 1. The minimum atomic E-state index is -2.90. The molecule has 1 atom stereocenters. The van der Waals surface area contributed by atoms with Crippen molar-refractivity contribution in [2.75, 3.05) is 13.7 Å². The Bertz CT molecular complexity index is 1480. The standard InChI is InChI=1S/C31H40N4O4Si/c1-22-20-35-27(32-28(22)36)19-25(33-35)26(34(8)29(37)39-30(2,3)4)21-38-40(31(5,6)7,23-15-11-9-12-16-23)24-17-13-10-14-18-24/h9-20,26H,21H2,1-8H3,(H,32,36)/t26-/m0/s1. The maximum Gasteiger partial charge on any atom is 0.410 e. The van der Waals surface area contributed by atoms with Gasteiger partial charge in [0.25, 0.3) is 13.9 Å². The molecule has 0 aliphatic rings. The first-order chi connectivity index (χ1) is 18.7. The number of carbonyl (C=O) groups excluding carboxylic acids is 1. The smallest absolute Gasteiger partial charge is 0.410 e. The summed E-state index contributed by atoms with van der Waals surface area (Å²) in [5.41, 5.74) is 0.823. The molecule has 4 aromatic rings. The fourth-order valence-electron chi connectivity index (χ4n) is 5.05. The maximum absolute atomic E-state index is 13.3. The first kappa shape index (κ1) is 29.3. The van der Waals surface area contributed by atoms with Gasteiger partial charge < -0.3 is 19.0 Å². The zero-order chi connectivity index (χ0) is 29.3. The average Bonchev–Trinajstić information content (AvgIpc) is 3.28. The van der Waals surface area contributed by atoms with Gasteiger partial charge in [0, 0.05) is 24.9 Å². The number of nitrogens with zero attached hydrogens (tertiary/aromatic N) is 3. The van der Waals surface area contributed by atoms with Gasteiger partial charge in [0.1, 0.15) is 17.3 Å². The molecule has 0 unspecified atom stereocenters. The normalized spacial score (nSPS) is 13.3. The number of aromatic amines is 1. The fraction of sp³-hybridized carbons (Fsp3) is 0.387. The van der Waals surface area contributed by atoms with E-state index in [0.717, 1.165) is 10.4 Å². The van der Waals surface area contributed by atoms with Gasteiger partial charge in [-0.15, -0.1) is 0 Å². The van der Waals surface area contributed by atoms with Crippen LogP contribution in [0.4, 0.5) is 4.79 Å². The molecule has 40 heavy (non-hydrogen) atoms. The Kier molecular flexibility index (Phi) is 8.10. The number of H-pyrrole nitrogens is 1. The molecule has 4 rings (SSSR count). The number of likely N-dealkylation sites (N-methyl/N-ethyl adjacent to an activating group) is 1. The quantitative estimate of drug-likeness (QED) is 0.328. The van der Waals surface area contributed by atoms with E-state index in [4.69, 9.17) is 14.3 Å². The van der Waals surface area contributed by atoms with Crippen LogP contribution in [0.2, 0.25) is 5.04 Å². The highest BCUT2D eigenvalue weighted by Gasteiger charge is 2.50. The molecular weight excluding hydrogens is 520 g/mol. The van der Waals surface area contributed by atoms with Gasteiger partial charge >= 0.3 is 6.09 Å². The summed E-state index contributed by atoms with van der Waals surface area (Å²) in [4.78, 5) is 30.0. The second-order valence-electron chi connectivity index (χ2n) is 12.2. The summed E-state index contributed by atoms with van der Waals surface area (Å²) in [7, 11) is -1.20. The van der Waals surface area contributed by atoms with E-state index in [-0.39, 0.29) is 17.2 Å². The fourth-order valence-corrected chi connectivity index (χ4v) is 9.61. The van der Waals surface area contributed by atoms with Gasteiger partial charge in [-0.25, -0.2) is 9.31 Å². The summed E-state index contributed by atoms with van der Waals surface area (Å²) in [6.45, 7) is 14.1. The summed E-state index contributed by atoms with van der Waals surface area (Å²) in [5, 5.41) is 6.79. The number of aromatic nitrogens is 3. The number of hydrogen-bond acceptors (Lipinski definition) is 5. The molecule has 0 radical (unpaired) electrons. The van der Waals surface area contributed by atoms with E-state index < -0.39 is 26.1 Å². The molecule has 9 heteroatoms. The van der Waals surface area contributed by atoms with Gasteiger partial charge in [-0.1, -0.05) is 81.4 Å². The highest BCUT2D eigenvalue weighted by molar-refractivity contribution is 6.99. The van der Waals surface area contributed by atoms with Crippen molar-refractivity contribution in [3.8, 4) is 0 Å². The average molecular weight is 561 g/mol. The minimum Gasteiger partial charge on any atom is -0.444 e. The number of nitrogens with one attached hydrogen (secondary N) is 1. The molecule has 0 aliphatic carbocycles. The summed E-state index contributed by atoms with van der Waals surface area (Å²) in [5.74, 6) is 0. The van der Waals surface area contributed by atoms with Crippen LogP contribution in [0.5, 0.6) is 0 Å². The van der Waals surface area contributed by atoms with Crippen molar-refractivity contribution in [3.05, 3.63) is 94.5 Å². The molecule has 2 heterocycles. The predicted octanol–water partition coefficient (Wildman–Crippen LogP) is 4.82. The van der Waals surface area contributed by atoms with Crippen LogP contribution in [0, 0.1) is 6.92 Å². The molecule has 0 spiro atoms. The lowest BCUT2D eigenvalue weighted by molar-refractivity contribution is 0.0163. The molecule has 212 valence electrons. The van der Waals surface area contributed by atoms with Crippen molar-refractivity contribution in [1.82, 2.24) is 19.5 Å². The number of carbonyl (C=O) groups is 1. The molecule has 8 nitrogen and oxygen atoms in total. The lowest BCUT2D eigenvalue weighted by atomic mass is 10.2. The molecule has 0 saturated heterocycles. The third kappa shape index (κ3) is 5.90. The summed E-state index contributed by atoms with van der Waals surface area (Å²) in [6.07, 6.45) is 1.20. The number of ether oxygens (including phenoxy) is 1. The summed E-state index contributed by atoms with van der Waals surface area (Å²) >= 11 is 0. The van der Waals surface area contributed by atoms with Gasteiger partial charge in [-0.3, -0.25) is 4.79 Å². The SMILES string of the molecule is Cc1cn2nc([C@H](CO[Si](c3ccccc3)(c3ccccc3)C(C)(C)C)N(C)C(=O)OC(C)(C)C)cc2[nH]c1=O. The lowest BCUT2D eigenvalue weighted by Crippen LogP contribution is -2.67. The molecule has 0 saturated carbocycles. The Morgan fingerprint density at radius 1 is 1.00 bits per heavy atom. The first-order valence-electron chi connectivity index (χ1n) is 13.5. The molecule has 2 aromatic carbocycles. The van der Waals surface area contributed by atoms with Crippen LogP contribution in [0.15, 0.2) is 77.7 Å². The predicted molar refractivity (Wildman–Crippen MR) is 161 cm³/mol. The number of rotatable bonds is 7. The van der Waals surface area contributed by atoms with Crippen LogP contribution in [0.3, 0.4) is 0 Å². The molecule has 1 N–H and O–H groups in total. The highest BCUT2D eigenvalue weighted by Crippen LogP contribution is 2.38. The first-order valence-corrected chi connectivity index (χ1v) is 15.4. The van der Waals surface area contributed by atoms with Crippen molar-refractivity contribution < 1.29 is 14.0 Å². The van der Waals surface area contributed by atoms with Crippen LogP contribution in [-0.4, -0.2) is 53.2 Å². The van der Waals surface area contributed by atoms with Crippen LogP contribution in [-0.2, 0) is 9.16 Å². The van der Waals surface area contributed by atoms with Crippen LogP contribution in [0.1, 0.15) is 58.8 Å². The van der Waals surface area contributed by atoms with E-state index in [0.29, 0.717) is 16.9 Å². The monoisotopic (exact) mass is 560 g/mol. The second kappa shape index (κ2) is 11.1. The summed E-state index contributed by atoms with van der Waals surface area (Å²) in [6, 6.07) is 21.9. The molecule has 0 aliphatic heterocycles. The van der Waals surface area contributed by atoms with Gasteiger partial charge in [-0.05, 0) is 43.1 Å². The highest BCUT2D eigenvalue weighted by atomic mass is 28.4. The van der Waals surface area contributed by atoms with E-state index in [1.807, 2.05) is 57.2 Å². The van der Waals surface area contributed by atoms with Gasteiger partial charge in [-0.2, -0.15) is 5.10 Å². The van der Waals surface area contributed by atoms with Gasteiger partial charge in [0.2, 0.25) is 0 Å². The van der Waals surface area contributed by atoms with Crippen molar-refractivity contribution in [1.29, 1.82) is 0 Å². The van der Waals surface area contributed by atoms with Crippen LogP contribution in [0.25, 0.3) is 5.65 Å². The van der Waals surface area contributed by atoms with Crippen LogP contribution < -0.4 is 15.9 Å². The third-order valence-corrected chi connectivity index (χ3v) is 12.0. The van der Waals surface area contributed by atoms with E-state index in [1.54, 1.807) is 30.8 Å². The van der Waals surface area contributed by atoms with E-state index in [1.165, 1.54) is 4.90 Å². The van der Waals surface area contributed by atoms with Crippen molar-refractivity contribution >= 4 is 30.4 Å². The van der Waals surface area contributed by atoms with Crippen molar-refractivity contribution in [2.45, 2.75) is 65.1 Å². The zero-order valence-electron chi connectivity index (χ0n) is 24.7. The van der Waals surface area contributed by atoms with Gasteiger partial charge in [0.05, 0.1) is 12.3 Å². The van der Waals surface area contributed by atoms with Crippen molar-refractivity contribution in [3.63, 3.8) is 0 Å². The number of hydrogen-bond donors (Lipinski definition) is 1. The Labute approximate surface area is 237 Å². The minimum absolute atomic E-state index is 0.177. The molecular formula is C31H40N4O4Si. The van der Waals surface area contributed by atoms with Gasteiger partial charge in [0.15, 0.2) is 0 Å². The maximum atomic E-state index is 13.3. The number of amides is 1. The number of benzene rings is 2. The van der Waals surface area contributed by atoms with Crippen molar-refractivity contribution in [2.24, 2.45) is 0 Å². The largest absolute Gasteiger partial charge is 0.444 e. The summed E-state index contributed by atoms with van der Waals surface area (Å²) < 4.78 is 14.6. The Morgan fingerprint density at radius 3 is 2.05 bits per heavy atom. The Balaban J connectivity index is 1.84. The van der Waals surface area contributed by atoms with E-state index >= 15 is 0 Å². The lowest BCUT2D eigenvalue weighted by Gasteiger charge is -2.44. The third-order valence-electron chi connectivity index (χ3n) is 7.04. The topological polar surface area (TPSA) is 88.9 Å². The van der Waals surface area contributed by atoms with E-state index in [2.05, 4.69) is 50.0 Å². The molecule has 2 aromatic heterocycles. The number of fused-ring (bicyclic) bond motifs is 1. The van der Waals surface area contributed by atoms with Crippen LogP contribution >= 0.6 is 0 Å². The van der Waals surface area contributed by atoms with E-state index in [9.17, 15) is 9.59 Å². The Hall–Kier alpha value is -3.69.